The minimum atomic E-state index is -0.418. The molecule has 0 aliphatic carbocycles. The third-order valence-electron chi connectivity index (χ3n) is 10.2. The standard InChI is InChI=1S/C52H35NO/c1-4-14-36(15-5-1)38-26-30-42(31-27-38)53(43-32-28-39(29-33-43)37-16-6-2-7-17-37)44-21-12-20-41(34-44)45-24-13-25-50-51(45)49-35-48(40-18-8-3-9-19-40)46-22-10-11-23-47(46)52(49)54-50/h1-35H/i3D,8D,9D,18D,19D. The van der Waals surface area contributed by atoms with Gasteiger partial charge in [-0.3, -0.25) is 0 Å². The molecule has 0 radical (unpaired) electrons. The molecule has 10 rings (SSSR count). The summed E-state index contributed by atoms with van der Waals surface area (Å²) in [7, 11) is 0. The smallest absolute Gasteiger partial charge is 0.143 e. The Morgan fingerprint density at radius 3 is 1.57 bits per heavy atom. The van der Waals surface area contributed by atoms with Crippen LogP contribution < -0.4 is 4.90 Å². The van der Waals surface area contributed by atoms with Crippen molar-refractivity contribution in [3.05, 3.63) is 212 Å². The van der Waals surface area contributed by atoms with E-state index in [2.05, 4.69) is 132 Å². The molecule has 9 aromatic carbocycles. The first-order valence-electron chi connectivity index (χ1n) is 20.5. The van der Waals surface area contributed by atoms with Crippen LogP contribution in [0.15, 0.2) is 217 Å². The normalized spacial score (nSPS) is 12.6. The molecule has 0 saturated carbocycles. The van der Waals surface area contributed by atoms with Crippen molar-refractivity contribution in [1.82, 2.24) is 0 Å². The molecule has 0 atom stereocenters. The van der Waals surface area contributed by atoms with Crippen LogP contribution in [-0.4, -0.2) is 0 Å². The summed E-state index contributed by atoms with van der Waals surface area (Å²) >= 11 is 0. The number of anilines is 3. The Bertz CT molecular complexity index is 3090. The molecule has 0 fully saturated rings. The van der Waals surface area contributed by atoms with Gasteiger partial charge in [-0.05, 0) is 98.4 Å². The van der Waals surface area contributed by atoms with Crippen LogP contribution in [0.3, 0.4) is 0 Å². The van der Waals surface area contributed by atoms with Crippen molar-refractivity contribution in [1.29, 1.82) is 0 Å². The van der Waals surface area contributed by atoms with Crippen LogP contribution in [0.25, 0.3) is 77.2 Å². The third-order valence-corrected chi connectivity index (χ3v) is 10.2. The van der Waals surface area contributed by atoms with Crippen LogP contribution in [-0.2, 0) is 0 Å². The first-order valence-corrected chi connectivity index (χ1v) is 18.0. The minimum Gasteiger partial charge on any atom is -0.455 e. The van der Waals surface area contributed by atoms with Gasteiger partial charge in [-0.15, -0.1) is 0 Å². The molecule has 1 heterocycles. The fourth-order valence-corrected chi connectivity index (χ4v) is 7.61. The third kappa shape index (κ3) is 5.62. The lowest BCUT2D eigenvalue weighted by atomic mass is 9.93. The molecule has 2 nitrogen and oxygen atoms in total. The van der Waals surface area contributed by atoms with Crippen LogP contribution in [0.2, 0.25) is 0 Å². The molecular formula is C52H35NO. The number of nitrogens with zero attached hydrogens (tertiary/aromatic N) is 1. The SMILES string of the molecule is [2H]c1c([2H])c([2H])c(-c2cc3c(oc4cccc(-c5cccc(N(c6ccc(-c7ccccc7)cc6)c6ccc(-c7ccccc7)cc6)c5)c43)c3ccccc23)c([2H])c1[2H]. The van der Waals surface area contributed by atoms with Crippen LogP contribution in [0.5, 0.6) is 0 Å². The predicted octanol–water partition coefficient (Wildman–Crippen LogP) is 14.9. The zero-order chi connectivity index (χ0) is 40.2. The van der Waals surface area contributed by atoms with Gasteiger partial charge in [0.2, 0.25) is 0 Å². The van der Waals surface area contributed by atoms with Crippen molar-refractivity contribution < 1.29 is 11.3 Å². The van der Waals surface area contributed by atoms with Crippen LogP contribution in [0.1, 0.15) is 6.85 Å². The second kappa shape index (κ2) is 13.4. The van der Waals surface area contributed by atoms with Gasteiger partial charge in [0.15, 0.2) is 0 Å². The summed E-state index contributed by atoms with van der Waals surface area (Å²) in [6, 6.07) is 60.6. The molecule has 2 heteroatoms. The topological polar surface area (TPSA) is 16.4 Å². The quantitative estimate of drug-likeness (QED) is 0.165. The molecule has 0 amide bonds. The van der Waals surface area contributed by atoms with E-state index in [9.17, 15) is 0 Å². The predicted molar refractivity (Wildman–Crippen MR) is 228 cm³/mol. The fraction of sp³-hybridized carbons (Fsp3) is 0. The monoisotopic (exact) mass is 694 g/mol. The van der Waals surface area contributed by atoms with E-state index >= 15 is 0 Å². The zero-order valence-corrected chi connectivity index (χ0v) is 29.2. The molecule has 0 bridgehead atoms. The first kappa shape index (κ1) is 26.6. The highest BCUT2D eigenvalue weighted by molar-refractivity contribution is 6.22. The highest BCUT2D eigenvalue weighted by Gasteiger charge is 2.19. The molecule has 1 aromatic heterocycles. The van der Waals surface area contributed by atoms with Crippen molar-refractivity contribution in [2.24, 2.45) is 0 Å². The summed E-state index contributed by atoms with van der Waals surface area (Å²) in [5, 5.41) is 3.22. The average Bonchev–Trinajstić information content (AvgIpc) is 3.68. The Labute approximate surface area is 321 Å². The maximum absolute atomic E-state index is 8.87. The summed E-state index contributed by atoms with van der Waals surface area (Å²) in [5.74, 6) is 0. The lowest BCUT2D eigenvalue weighted by Crippen LogP contribution is -2.10. The van der Waals surface area contributed by atoms with Gasteiger partial charge in [-0.1, -0.05) is 164 Å². The summed E-state index contributed by atoms with van der Waals surface area (Å²) < 4.78 is 49.5. The average molecular weight is 695 g/mol. The second-order valence-corrected chi connectivity index (χ2v) is 13.3. The summed E-state index contributed by atoms with van der Waals surface area (Å²) in [6.07, 6.45) is 0. The van der Waals surface area contributed by atoms with E-state index in [0.717, 1.165) is 72.0 Å². The van der Waals surface area contributed by atoms with Crippen molar-refractivity contribution in [2.75, 3.05) is 4.90 Å². The Balaban J connectivity index is 1.15. The van der Waals surface area contributed by atoms with Gasteiger partial charge >= 0.3 is 0 Å². The lowest BCUT2D eigenvalue weighted by molar-refractivity contribution is 0.673. The highest BCUT2D eigenvalue weighted by Crippen LogP contribution is 2.44. The maximum Gasteiger partial charge on any atom is 0.143 e. The number of furan rings is 1. The molecular weight excluding hydrogens is 655 g/mol. The second-order valence-electron chi connectivity index (χ2n) is 13.3. The van der Waals surface area contributed by atoms with Gasteiger partial charge in [0.1, 0.15) is 11.2 Å². The Morgan fingerprint density at radius 1 is 0.370 bits per heavy atom. The van der Waals surface area contributed by atoms with Crippen molar-refractivity contribution in [3.8, 4) is 44.5 Å². The van der Waals surface area contributed by atoms with E-state index in [1.165, 1.54) is 0 Å². The first-order chi connectivity index (χ1) is 28.9. The van der Waals surface area contributed by atoms with E-state index in [4.69, 9.17) is 11.3 Å². The van der Waals surface area contributed by atoms with E-state index in [1.807, 2.05) is 54.6 Å². The maximum atomic E-state index is 8.87. The minimum absolute atomic E-state index is 0.162. The van der Waals surface area contributed by atoms with E-state index in [0.29, 0.717) is 16.7 Å². The molecule has 10 aromatic rings. The van der Waals surface area contributed by atoms with Gasteiger partial charge in [0.25, 0.3) is 0 Å². The molecule has 0 aliphatic heterocycles. The number of benzene rings is 9. The molecule has 0 spiro atoms. The summed E-state index contributed by atoms with van der Waals surface area (Å²) in [5.41, 5.74) is 11.6. The number of fused-ring (bicyclic) bond motifs is 5. The van der Waals surface area contributed by atoms with Crippen molar-refractivity contribution in [2.45, 2.75) is 0 Å². The molecule has 0 unspecified atom stereocenters. The van der Waals surface area contributed by atoms with Gasteiger partial charge in [-0.2, -0.15) is 0 Å². The zero-order valence-electron chi connectivity index (χ0n) is 34.2. The van der Waals surface area contributed by atoms with E-state index in [-0.39, 0.29) is 29.7 Å². The van der Waals surface area contributed by atoms with Gasteiger partial charge in [0, 0.05) is 33.2 Å². The highest BCUT2D eigenvalue weighted by atomic mass is 16.3. The molecule has 254 valence electrons. The molecule has 0 aliphatic rings. The lowest BCUT2D eigenvalue weighted by Gasteiger charge is -2.26. The largest absolute Gasteiger partial charge is 0.455 e. The molecule has 0 N–H and O–H groups in total. The Morgan fingerprint density at radius 2 is 0.926 bits per heavy atom. The molecule has 0 saturated heterocycles. The van der Waals surface area contributed by atoms with Crippen molar-refractivity contribution in [3.63, 3.8) is 0 Å². The van der Waals surface area contributed by atoms with E-state index in [1.54, 1.807) is 0 Å². The molecule has 54 heavy (non-hydrogen) atoms. The van der Waals surface area contributed by atoms with Crippen molar-refractivity contribution >= 4 is 49.8 Å². The number of hydrogen-bond donors (Lipinski definition) is 0. The van der Waals surface area contributed by atoms with Crippen LogP contribution >= 0.6 is 0 Å². The van der Waals surface area contributed by atoms with Gasteiger partial charge < -0.3 is 9.32 Å². The van der Waals surface area contributed by atoms with E-state index < -0.39 is 6.04 Å². The number of rotatable bonds is 7. The van der Waals surface area contributed by atoms with Gasteiger partial charge in [0.05, 0.1) is 6.85 Å². The summed E-state index contributed by atoms with van der Waals surface area (Å²) in [4.78, 5) is 2.27. The van der Waals surface area contributed by atoms with Crippen LogP contribution in [0.4, 0.5) is 17.1 Å². The van der Waals surface area contributed by atoms with Crippen LogP contribution in [0, 0.1) is 0 Å². The summed E-state index contributed by atoms with van der Waals surface area (Å²) in [6.45, 7) is 0. The Hall–Kier alpha value is -7.16. The Kier molecular flexibility index (Phi) is 6.61. The number of hydrogen-bond acceptors (Lipinski definition) is 2. The van der Waals surface area contributed by atoms with Gasteiger partial charge in [-0.25, -0.2) is 0 Å². The fourth-order valence-electron chi connectivity index (χ4n) is 7.61.